The summed E-state index contributed by atoms with van der Waals surface area (Å²) in [5.41, 5.74) is 1.70. The molecule has 0 unspecified atom stereocenters. The van der Waals surface area contributed by atoms with E-state index in [4.69, 9.17) is 9.47 Å². The molecule has 7 heteroatoms. The van der Waals surface area contributed by atoms with Crippen molar-refractivity contribution in [3.8, 4) is 0 Å². The number of aromatic nitrogens is 3. The molecule has 3 heterocycles. The van der Waals surface area contributed by atoms with Crippen molar-refractivity contribution < 1.29 is 14.3 Å². The Kier molecular flexibility index (Phi) is 5.78. The molecule has 7 nitrogen and oxygen atoms in total. The summed E-state index contributed by atoms with van der Waals surface area (Å²) in [6.07, 6.45) is 8.65. The smallest absolute Gasteiger partial charge is 0.255 e. The molecule has 0 bridgehead atoms. The van der Waals surface area contributed by atoms with Crippen molar-refractivity contribution in [2.75, 3.05) is 26.9 Å². The first-order chi connectivity index (χ1) is 12.2. The van der Waals surface area contributed by atoms with Crippen LogP contribution in [0.5, 0.6) is 0 Å². The van der Waals surface area contributed by atoms with Crippen LogP contribution in [0, 0.1) is 0 Å². The number of amides is 1. The maximum absolute atomic E-state index is 12.9. The molecule has 1 aliphatic heterocycles. The predicted molar refractivity (Wildman–Crippen MR) is 92.2 cm³/mol. The van der Waals surface area contributed by atoms with Crippen LogP contribution in [-0.2, 0) is 22.9 Å². The molecule has 0 N–H and O–H groups in total. The summed E-state index contributed by atoms with van der Waals surface area (Å²) in [5, 5.41) is 4.23. The summed E-state index contributed by atoms with van der Waals surface area (Å²) in [5.74, 6) is -0.000156. The van der Waals surface area contributed by atoms with Gasteiger partial charge in [-0.2, -0.15) is 5.10 Å². The second kappa shape index (κ2) is 8.22. The molecule has 1 aliphatic rings. The molecule has 1 fully saturated rings. The van der Waals surface area contributed by atoms with Gasteiger partial charge < -0.3 is 14.4 Å². The Bertz CT molecular complexity index is 689. The minimum atomic E-state index is -0.0197. The second-order valence-electron chi connectivity index (χ2n) is 6.22. The molecule has 1 amide bonds. The van der Waals surface area contributed by atoms with Crippen molar-refractivity contribution in [2.45, 2.75) is 25.0 Å². The van der Waals surface area contributed by atoms with Crippen molar-refractivity contribution in [2.24, 2.45) is 7.05 Å². The van der Waals surface area contributed by atoms with E-state index < -0.39 is 0 Å². The van der Waals surface area contributed by atoms with Crippen LogP contribution in [0.25, 0.3) is 0 Å². The maximum Gasteiger partial charge on any atom is 0.255 e. The Labute approximate surface area is 147 Å². The molecule has 0 spiro atoms. The minimum absolute atomic E-state index is 0.000156. The molecule has 2 aromatic heterocycles. The zero-order chi connectivity index (χ0) is 17.6. The van der Waals surface area contributed by atoms with Gasteiger partial charge in [0, 0.05) is 39.3 Å². The Balaban J connectivity index is 1.76. The van der Waals surface area contributed by atoms with E-state index in [2.05, 4.69) is 10.1 Å². The highest BCUT2D eigenvalue weighted by Gasteiger charge is 2.38. The van der Waals surface area contributed by atoms with Crippen LogP contribution < -0.4 is 0 Å². The average molecular weight is 344 g/mol. The molecule has 0 radical (unpaired) electrons. The van der Waals surface area contributed by atoms with Gasteiger partial charge in [-0.25, -0.2) is 0 Å². The molecular weight excluding hydrogens is 320 g/mol. The lowest BCUT2D eigenvalue weighted by Gasteiger charge is -2.28. The number of nitrogens with zero attached hydrogens (tertiary/aromatic N) is 4. The zero-order valence-corrected chi connectivity index (χ0v) is 14.7. The summed E-state index contributed by atoms with van der Waals surface area (Å²) in [7, 11) is 3.55. The lowest BCUT2D eigenvalue weighted by atomic mass is 10.0. The monoisotopic (exact) mass is 344 g/mol. The molecule has 2 atom stereocenters. The third-order valence-corrected chi connectivity index (χ3v) is 4.48. The van der Waals surface area contributed by atoms with E-state index in [0.717, 1.165) is 18.4 Å². The molecule has 0 aliphatic carbocycles. The summed E-state index contributed by atoms with van der Waals surface area (Å²) in [6.45, 7) is 1.75. The third-order valence-electron chi connectivity index (χ3n) is 4.48. The van der Waals surface area contributed by atoms with Crippen LogP contribution in [0.1, 0.15) is 22.3 Å². The standard InChI is InChI=1S/C18H24N4O3/c1-21-13-14(11-20-21)10-16-17(25-9-8-24-2)5-7-22(16)18(23)15-4-3-6-19-12-15/h3-4,6,11-13,16-17H,5,7-10H2,1-2H3/t16-,17-/m1/s1. The molecular formula is C18H24N4O3. The number of rotatable bonds is 7. The normalized spacial score (nSPS) is 20.2. The van der Waals surface area contributed by atoms with Crippen LogP contribution in [-0.4, -0.2) is 64.6 Å². The lowest BCUT2D eigenvalue weighted by Crippen LogP contribution is -2.42. The number of carbonyl (C=O) groups is 1. The van der Waals surface area contributed by atoms with Crippen molar-refractivity contribution >= 4 is 5.91 Å². The second-order valence-corrected chi connectivity index (χ2v) is 6.22. The van der Waals surface area contributed by atoms with Gasteiger partial charge in [-0.3, -0.25) is 14.5 Å². The zero-order valence-electron chi connectivity index (χ0n) is 14.7. The molecule has 25 heavy (non-hydrogen) atoms. The average Bonchev–Trinajstić information content (AvgIpc) is 3.22. The van der Waals surface area contributed by atoms with Gasteiger partial charge in [0.15, 0.2) is 0 Å². The molecule has 0 aromatic carbocycles. The van der Waals surface area contributed by atoms with Gasteiger partial charge in [-0.05, 0) is 30.5 Å². The fourth-order valence-corrected chi connectivity index (χ4v) is 3.27. The van der Waals surface area contributed by atoms with Crippen molar-refractivity contribution in [1.82, 2.24) is 19.7 Å². The van der Waals surface area contributed by atoms with Crippen LogP contribution in [0.15, 0.2) is 36.9 Å². The Morgan fingerprint density at radius 3 is 2.92 bits per heavy atom. The molecule has 134 valence electrons. The highest BCUT2D eigenvalue weighted by molar-refractivity contribution is 5.94. The van der Waals surface area contributed by atoms with E-state index in [-0.39, 0.29) is 18.1 Å². The lowest BCUT2D eigenvalue weighted by molar-refractivity contribution is 0.000487. The number of hydrogen-bond donors (Lipinski definition) is 0. The summed E-state index contributed by atoms with van der Waals surface area (Å²) in [4.78, 5) is 18.9. The van der Waals surface area contributed by atoms with E-state index in [1.54, 1.807) is 36.3 Å². The van der Waals surface area contributed by atoms with Gasteiger partial charge >= 0.3 is 0 Å². The van der Waals surface area contributed by atoms with Gasteiger partial charge in [0.2, 0.25) is 0 Å². The van der Waals surface area contributed by atoms with Gasteiger partial charge in [0.1, 0.15) is 0 Å². The maximum atomic E-state index is 12.9. The number of carbonyl (C=O) groups excluding carboxylic acids is 1. The fourth-order valence-electron chi connectivity index (χ4n) is 3.27. The highest BCUT2D eigenvalue weighted by Crippen LogP contribution is 2.26. The van der Waals surface area contributed by atoms with Gasteiger partial charge in [-0.1, -0.05) is 0 Å². The number of methoxy groups -OCH3 is 1. The highest BCUT2D eigenvalue weighted by atomic mass is 16.5. The van der Waals surface area contributed by atoms with Crippen LogP contribution >= 0.6 is 0 Å². The number of ether oxygens (including phenoxy) is 2. The molecule has 2 aromatic rings. The number of likely N-dealkylation sites (tertiary alicyclic amines) is 1. The topological polar surface area (TPSA) is 69.5 Å². The number of pyridine rings is 1. The van der Waals surface area contributed by atoms with Gasteiger partial charge in [0.25, 0.3) is 5.91 Å². The Morgan fingerprint density at radius 1 is 1.36 bits per heavy atom. The molecule has 0 saturated carbocycles. The SMILES string of the molecule is COCCO[C@@H]1CCN(C(=O)c2cccnc2)[C@@H]1Cc1cnn(C)c1. The quantitative estimate of drug-likeness (QED) is 0.708. The number of hydrogen-bond acceptors (Lipinski definition) is 5. The van der Waals surface area contributed by atoms with Crippen molar-refractivity contribution in [3.05, 3.63) is 48.0 Å². The largest absolute Gasteiger partial charge is 0.382 e. The van der Waals surface area contributed by atoms with E-state index in [1.165, 1.54) is 0 Å². The first-order valence-corrected chi connectivity index (χ1v) is 8.48. The first-order valence-electron chi connectivity index (χ1n) is 8.48. The van der Waals surface area contributed by atoms with Crippen LogP contribution in [0.2, 0.25) is 0 Å². The Morgan fingerprint density at radius 2 is 2.24 bits per heavy atom. The van der Waals surface area contributed by atoms with Crippen LogP contribution in [0.3, 0.4) is 0 Å². The Hall–Kier alpha value is -2.25. The third kappa shape index (κ3) is 4.24. The molecule has 1 saturated heterocycles. The van der Waals surface area contributed by atoms with E-state index in [0.29, 0.717) is 25.3 Å². The van der Waals surface area contributed by atoms with Crippen molar-refractivity contribution in [1.29, 1.82) is 0 Å². The number of aryl methyl sites for hydroxylation is 1. The minimum Gasteiger partial charge on any atom is -0.382 e. The summed E-state index contributed by atoms with van der Waals surface area (Å²) >= 11 is 0. The summed E-state index contributed by atoms with van der Waals surface area (Å²) < 4.78 is 12.8. The van der Waals surface area contributed by atoms with E-state index in [9.17, 15) is 4.79 Å². The van der Waals surface area contributed by atoms with E-state index >= 15 is 0 Å². The van der Waals surface area contributed by atoms with Gasteiger partial charge in [0.05, 0.1) is 37.1 Å². The predicted octanol–water partition coefficient (Wildman–Crippen LogP) is 1.30. The van der Waals surface area contributed by atoms with Crippen molar-refractivity contribution in [3.63, 3.8) is 0 Å². The summed E-state index contributed by atoms with van der Waals surface area (Å²) in [6, 6.07) is 3.57. The van der Waals surface area contributed by atoms with Gasteiger partial charge in [-0.15, -0.1) is 0 Å². The van der Waals surface area contributed by atoms with Crippen LogP contribution in [0.4, 0.5) is 0 Å². The molecule has 3 rings (SSSR count). The first kappa shape index (κ1) is 17.6. The fraction of sp³-hybridized carbons (Fsp3) is 0.500. The van der Waals surface area contributed by atoms with E-state index in [1.807, 2.05) is 24.3 Å².